The van der Waals surface area contributed by atoms with Crippen LogP contribution in [0.5, 0.6) is 0 Å². The third-order valence-electron chi connectivity index (χ3n) is 4.10. The van der Waals surface area contributed by atoms with E-state index in [1.54, 1.807) is 0 Å². The van der Waals surface area contributed by atoms with Gasteiger partial charge in [-0.1, -0.05) is 18.2 Å². The molecule has 0 bridgehead atoms. The van der Waals surface area contributed by atoms with E-state index in [4.69, 9.17) is 0 Å². The fraction of sp³-hybridized carbons (Fsp3) is 0.353. The van der Waals surface area contributed by atoms with Gasteiger partial charge in [0.05, 0.1) is 12.2 Å². The molecule has 1 unspecified atom stereocenters. The molecule has 0 saturated heterocycles. The van der Waals surface area contributed by atoms with Crippen molar-refractivity contribution < 1.29 is 0 Å². The minimum Gasteiger partial charge on any atom is -0.388 e. The quantitative estimate of drug-likeness (QED) is 0.923. The van der Waals surface area contributed by atoms with E-state index in [1.165, 1.54) is 24.1 Å². The first-order valence-corrected chi connectivity index (χ1v) is 7.25. The van der Waals surface area contributed by atoms with Crippen molar-refractivity contribution in [3.05, 3.63) is 53.9 Å². The maximum atomic E-state index is 4.51. The number of benzene rings is 1. The number of fused-ring (bicyclic) bond motifs is 1. The van der Waals surface area contributed by atoms with Crippen LogP contribution in [0.1, 0.15) is 24.6 Å². The zero-order valence-corrected chi connectivity index (χ0v) is 12.1. The van der Waals surface area contributed by atoms with Crippen LogP contribution in [0.2, 0.25) is 0 Å². The third kappa shape index (κ3) is 2.48. The fourth-order valence-electron chi connectivity index (χ4n) is 2.90. The van der Waals surface area contributed by atoms with E-state index >= 15 is 0 Å². The van der Waals surface area contributed by atoms with Gasteiger partial charge in [0.25, 0.3) is 0 Å². The molecule has 1 N–H and O–H groups in total. The largest absolute Gasteiger partial charge is 0.388 e. The number of nitrogens with one attached hydrogen (secondary N) is 1. The Morgan fingerprint density at radius 1 is 1.30 bits per heavy atom. The number of aromatic nitrogens is 1. The second-order valence-electron chi connectivity index (χ2n) is 5.43. The molecule has 3 rings (SSSR count). The lowest BCUT2D eigenvalue weighted by molar-refractivity contribution is 0.556. The molecule has 0 spiro atoms. The molecule has 1 aliphatic heterocycles. The van der Waals surface area contributed by atoms with Crippen LogP contribution in [-0.2, 0) is 13.0 Å². The summed E-state index contributed by atoms with van der Waals surface area (Å²) in [6, 6.07) is 13.4. The number of rotatable bonds is 3. The summed E-state index contributed by atoms with van der Waals surface area (Å²) in [5.41, 5.74) is 5.05. The zero-order chi connectivity index (χ0) is 13.9. The molecular formula is C17H21N3. The molecule has 2 aromatic rings. The normalized spacial score (nSPS) is 17.7. The van der Waals surface area contributed by atoms with E-state index in [0.29, 0.717) is 6.04 Å². The van der Waals surface area contributed by atoms with Crippen molar-refractivity contribution in [1.82, 2.24) is 4.98 Å². The lowest BCUT2D eigenvalue weighted by Gasteiger charge is -2.37. The van der Waals surface area contributed by atoms with Crippen LogP contribution in [0.15, 0.2) is 42.6 Å². The highest BCUT2D eigenvalue weighted by Crippen LogP contribution is 2.31. The second kappa shape index (κ2) is 5.53. The van der Waals surface area contributed by atoms with Gasteiger partial charge in [-0.3, -0.25) is 4.98 Å². The second-order valence-corrected chi connectivity index (χ2v) is 5.43. The maximum Gasteiger partial charge on any atom is 0.0617 e. The molecular weight excluding hydrogens is 246 g/mol. The number of hydrogen-bond donors (Lipinski definition) is 1. The molecule has 3 heteroatoms. The maximum absolute atomic E-state index is 4.51. The van der Waals surface area contributed by atoms with Gasteiger partial charge in [-0.2, -0.15) is 0 Å². The molecule has 3 nitrogen and oxygen atoms in total. The Morgan fingerprint density at radius 3 is 3.00 bits per heavy atom. The minimum atomic E-state index is 0.560. The highest BCUT2D eigenvalue weighted by atomic mass is 15.2. The summed E-state index contributed by atoms with van der Waals surface area (Å²) in [6.07, 6.45) is 4.27. The zero-order valence-electron chi connectivity index (χ0n) is 12.1. The van der Waals surface area contributed by atoms with Crippen molar-refractivity contribution in [2.45, 2.75) is 32.4 Å². The Kier molecular flexibility index (Phi) is 3.59. The standard InChI is InChI=1S/C17H21N3/c1-13-7-8-14-5-3-4-6-17(14)20(13)12-16-11-15(18-2)9-10-19-16/h3-6,9-11,13H,7-8,12H2,1-2H3,(H,18,19). The number of hydrogen-bond acceptors (Lipinski definition) is 3. The van der Waals surface area contributed by atoms with Gasteiger partial charge in [-0.15, -0.1) is 0 Å². The average Bonchev–Trinajstić information content (AvgIpc) is 2.50. The summed E-state index contributed by atoms with van der Waals surface area (Å²) < 4.78 is 0. The van der Waals surface area contributed by atoms with Gasteiger partial charge in [0.15, 0.2) is 0 Å². The topological polar surface area (TPSA) is 28.2 Å². The van der Waals surface area contributed by atoms with Gasteiger partial charge < -0.3 is 10.2 Å². The molecule has 104 valence electrons. The van der Waals surface area contributed by atoms with Crippen LogP contribution in [0, 0.1) is 0 Å². The molecule has 0 fully saturated rings. The number of pyridine rings is 1. The summed E-state index contributed by atoms with van der Waals surface area (Å²) in [5.74, 6) is 0. The predicted octanol–water partition coefficient (Wildman–Crippen LogP) is 3.46. The molecule has 0 saturated carbocycles. The van der Waals surface area contributed by atoms with Gasteiger partial charge in [0.2, 0.25) is 0 Å². The molecule has 0 aliphatic carbocycles. The SMILES string of the molecule is CNc1ccnc(CN2c3ccccc3CCC2C)c1. The predicted molar refractivity (Wildman–Crippen MR) is 84.2 cm³/mol. The van der Waals surface area contributed by atoms with Crippen molar-refractivity contribution in [1.29, 1.82) is 0 Å². The highest BCUT2D eigenvalue weighted by molar-refractivity contribution is 5.56. The number of aryl methyl sites for hydroxylation is 1. The van der Waals surface area contributed by atoms with E-state index in [9.17, 15) is 0 Å². The van der Waals surface area contributed by atoms with Crippen LogP contribution in [0.25, 0.3) is 0 Å². The molecule has 1 aromatic heterocycles. The minimum absolute atomic E-state index is 0.560. The van der Waals surface area contributed by atoms with Gasteiger partial charge >= 0.3 is 0 Å². The molecule has 1 aromatic carbocycles. The summed E-state index contributed by atoms with van der Waals surface area (Å²) in [5, 5.41) is 3.18. The van der Waals surface area contributed by atoms with Crippen molar-refractivity contribution in [3.63, 3.8) is 0 Å². The van der Waals surface area contributed by atoms with Crippen molar-refractivity contribution in [2.75, 3.05) is 17.3 Å². The summed E-state index contributed by atoms with van der Waals surface area (Å²) >= 11 is 0. The first kappa shape index (κ1) is 13.0. The Hall–Kier alpha value is -2.03. The Morgan fingerprint density at radius 2 is 2.15 bits per heavy atom. The van der Waals surface area contributed by atoms with Crippen molar-refractivity contribution >= 4 is 11.4 Å². The van der Waals surface area contributed by atoms with Gasteiger partial charge in [0.1, 0.15) is 0 Å². The summed E-state index contributed by atoms with van der Waals surface area (Å²) in [6.45, 7) is 3.17. The van der Waals surface area contributed by atoms with Gasteiger partial charge in [-0.25, -0.2) is 0 Å². The summed E-state index contributed by atoms with van der Waals surface area (Å²) in [7, 11) is 1.94. The van der Waals surface area contributed by atoms with Crippen LogP contribution >= 0.6 is 0 Å². The first-order chi connectivity index (χ1) is 9.78. The van der Waals surface area contributed by atoms with Gasteiger partial charge in [-0.05, 0) is 43.5 Å². The van der Waals surface area contributed by atoms with Crippen LogP contribution in [0.3, 0.4) is 0 Å². The smallest absolute Gasteiger partial charge is 0.0617 e. The van der Waals surface area contributed by atoms with Crippen LogP contribution in [-0.4, -0.2) is 18.1 Å². The molecule has 2 heterocycles. The molecule has 1 atom stereocenters. The fourth-order valence-corrected chi connectivity index (χ4v) is 2.90. The molecule has 20 heavy (non-hydrogen) atoms. The van der Waals surface area contributed by atoms with Gasteiger partial charge in [0, 0.05) is 30.7 Å². The Bertz CT molecular complexity index is 594. The average molecular weight is 267 g/mol. The monoisotopic (exact) mass is 267 g/mol. The molecule has 1 aliphatic rings. The van der Waals surface area contributed by atoms with Crippen molar-refractivity contribution in [2.24, 2.45) is 0 Å². The first-order valence-electron chi connectivity index (χ1n) is 7.25. The van der Waals surface area contributed by atoms with E-state index < -0.39 is 0 Å². The Balaban J connectivity index is 1.89. The summed E-state index contributed by atoms with van der Waals surface area (Å²) in [4.78, 5) is 6.98. The van der Waals surface area contributed by atoms with Crippen LogP contribution in [0.4, 0.5) is 11.4 Å². The van der Waals surface area contributed by atoms with E-state index in [1.807, 2.05) is 19.3 Å². The third-order valence-corrected chi connectivity index (χ3v) is 4.10. The van der Waals surface area contributed by atoms with E-state index in [0.717, 1.165) is 17.9 Å². The highest BCUT2D eigenvalue weighted by Gasteiger charge is 2.22. The van der Waals surface area contributed by atoms with Crippen LogP contribution < -0.4 is 10.2 Å². The number of para-hydroxylation sites is 1. The Labute approximate surface area is 120 Å². The number of nitrogens with zero attached hydrogens (tertiary/aromatic N) is 2. The molecule has 0 radical (unpaired) electrons. The van der Waals surface area contributed by atoms with E-state index in [2.05, 4.69) is 52.5 Å². The van der Waals surface area contributed by atoms with Crippen molar-refractivity contribution in [3.8, 4) is 0 Å². The number of anilines is 2. The lowest BCUT2D eigenvalue weighted by atomic mass is 9.96. The molecule has 0 amide bonds. The lowest BCUT2D eigenvalue weighted by Crippen LogP contribution is -2.36. The van der Waals surface area contributed by atoms with E-state index in [-0.39, 0.29) is 0 Å².